The molecule has 1 heterocycles. The predicted octanol–water partition coefficient (Wildman–Crippen LogP) is 3.29. The highest BCUT2D eigenvalue weighted by Gasteiger charge is 2.20. The molecule has 1 aliphatic heterocycles. The Kier molecular flexibility index (Phi) is 4.44. The molecule has 1 unspecified atom stereocenters. The number of ether oxygens (including phenoxy) is 1. The van der Waals surface area contributed by atoms with E-state index in [4.69, 9.17) is 4.74 Å². The van der Waals surface area contributed by atoms with Crippen molar-refractivity contribution in [2.75, 3.05) is 25.0 Å². The van der Waals surface area contributed by atoms with Gasteiger partial charge in [-0.15, -0.1) is 0 Å². The fraction of sp³-hybridized carbons (Fsp3) is 0.222. The molecule has 2 aromatic carbocycles. The number of fused-ring (bicyclic) bond motifs is 1. The van der Waals surface area contributed by atoms with Gasteiger partial charge in [-0.2, -0.15) is 0 Å². The van der Waals surface area contributed by atoms with Gasteiger partial charge in [-0.05, 0) is 57.7 Å². The van der Waals surface area contributed by atoms with Gasteiger partial charge in [-0.25, -0.2) is 4.79 Å². The van der Waals surface area contributed by atoms with Crippen LogP contribution in [0.25, 0.3) is 0 Å². The molecule has 1 aliphatic rings. The average Bonchev–Trinajstić information content (AvgIpc) is 3.02. The third-order valence-corrected chi connectivity index (χ3v) is 5.06. The van der Waals surface area contributed by atoms with Crippen LogP contribution in [0, 0.1) is 0 Å². The molecule has 0 radical (unpaired) electrons. The van der Waals surface area contributed by atoms with Crippen LogP contribution in [0.4, 0.5) is 5.69 Å². The first kappa shape index (κ1) is 15.7. The highest BCUT2D eigenvalue weighted by atomic mass is 31.1. The normalized spacial score (nSPS) is 13.4. The van der Waals surface area contributed by atoms with Gasteiger partial charge in [0.1, 0.15) is 0 Å². The van der Waals surface area contributed by atoms with Crippen molar-refractivity contribution >= 4 is 26.2 Å². The number of rotatable bonds is 4. The van der Waals surface area contributed by atoms with Crippen LogP contribution in [0.15, 0.2) is 42.5 Å². The van der Waals surface area contributed by atoms with E-state index in [2.05, 4.69) is 11.3 Å². The Morgan fingerprint density at radius 1 is 1.09 bits per heavy atom. The maximum Gasteiger partial charge on any atom is 0.337 e. The van der Waals surface area contributed by atoms with Crippen molar-refractivity contribution in [3.63, 3.8) is 0 Å². The minimum atomic E-state index is -0.437. The first-order valence-electron chi connectivity index (χ1n) is 7.45. The molecular weight excluding hydrogens is 309 g/mol. The lowest BCUT2D eigenvalue weighted by Gasteiger charge is -2.16. The van der Waals surface area contributed by atoms with Gasteiger partial charge >= 0.3 is 5.97 Å². The molecule has 0 bridgehead atoms. The van der Waals surface area contributed by atoms with Gasteiger partial charge in [0.2, 0.25) is 0 Å². The fourth-order valence-corrected chi connectivity index (χ4v) is 3.64. The molecular formula is C18H18NO3P. The monoisotopic (exact) mass is 327 g/mol. The highest BCUT2D eigenvalue weighted by Crippen LogP contribution is 2.35. The van der Waals surface area contributed by atoms with Gasteiger partial charge in [-0.3, -0.25) is 4.79 Å². The van der Waals surface area contributed by atoms with Gasteiger partial charge in [0.05, 0.1) is 12.7 Å². The van der Waals surface area contributed by atoms with Crippen molar-refractivity contribution < 1.29 is 14.3 Å². The van der Waals surface area contributed by atoms with Gasteiger partial charge in [0.25, 0.3) is 0 Å². The van der Waals surface area contributed by atoms with E-state index in [0.29, 0.717) is 16.7 Å². The number of ketones is 1. The van der Waals surface area contributed by atoms with E-state index in [1.54, 1.807) is 24.3 Å². The Balaban J connectivity index is 1.91. The maximum absolute atomic E-state index is 12.7. The second kappa shape index (κ2) is 6.51. The molecule has 5 heteroatoms. The number of hydrogen-bond donors (Lipinski definition) is 0. The molecule has 0 fully saturated rings. The van der Waals surface area contributed by atoms with E-state index in [0.717, 1.165) is 21.7 Å². The summed E-state index contributed by atoms with van der Waals surface area (Å²) in [5.41, 5.74) is 3.99. The lowest BCUT2D eigenvalue weighted by atomic mass is 9.99. The summed E-state index contributed by atoms with van der Waals surface area (Å²) in [5, 5.41) is 0. The third kappa shape index (κ3) is 2.99. The van der Waals surface area contributed by atoms with Crippen molar-refractivity contribution in [1.82, 2.24) is 0 Å². The average molecular weight is 327 g/mol. The molecule has 0 aromatic heterocycles. The number of hydrogen-bond acceptors (Lipinski definition) is 4. The van der Waals surface area contributed by atoms with Gasteiger partial charge in [0.15, 0.2) is 5.78 Å². The smallest absolute Gasteiger partial charge is 0.337 e. The van der Waals surface area contributed by atoms with Crippen LogP contribution >= 0.6 is 8.73 Å². The Hall–Kier alpha value is -2.19. The van der Waals surface area contributed by atoms with Crippen molar-refractivity contribution in [2.24, 2.45) is 0 Å². The second-order valence-corrected chi connectivity index (χ2v) is 6.36. The number of nitrogens with zero attached hydrogens (tertiary/aromatic N) is 1. The van der Waals surface area contributed by atoms with E-state index in [-0.39, 0.29) is 5.78 Å². The lowest BCUT2D eigenvalue weighted by Crippen LogP contribution is -2.07. The molecule has 1 atom stereocenters. The van der Waals surface area contributed by atoms with Crippen molar-refractivity contribution in [3.05, 3.63) is 64.7 Å². The third-order valence-electron chi connectivity index (χ3n) is 4.05. The van der Waals surface area contributed by atoms with Crippen LogP contribution in [0.2, 0.25) is 0 Å². The van der Waals surface area contributed by atoms with Gasteiger partial charge in [0, 0.05) is 23.4 Å². The SMILES string of the molecule is COC(=O)c1cccc(C(=O)c2ccc3c(c2)CCN3PC)c1. The summed E-state index contributed by atoms with van der Waals surface area (Å²) in [6.07, 6.45) is 0.972. The number of carbonyl (C=O) groups excluding carboxylic acids is 2. The summed E-state index contributed by atoms with van der Waals surface area (Å²) in [6.45, 7) is 3.17. The van der Waals surface area contributed by atoms with E-state index < -0.39 is 5.97 Å². The quantitative estimate of drug-likeness (QED) is 0.491. The number of benzene rings is 2. The zero-order chi connectivity index (χ0) is 16.4. The second-order valence-electron chi connectivity index (χ2n) is 5.37. The number of esters is 1. The lowest BCUT2D eigenvalue weighted by molar-refractivity contribution is 0.0600. The predicted molar refractivity (Wildman–Crippen MR) is 92.9 cm³/mol. The summed E-state index contributed by atoms with van der Waals surface area (Å²) >= 11 is 0. The standard InChI is InChI=1S/C18H18NO3P/c1-22-18(21)15-5-3-4-13(11-15)17(20)14-6-7-16-12(10-14)8-9-19(16)23-2/h3-7,10-11,23H,8-9H2,1-2H3. The molecule has 0 saturated heterocycles. The number of anilines is 1. The molecule has 118 valence electrons. The Bertz CT molecular complexity index is 773. The highest BCUT2D eigenvalue weighted by molar-refractivity contribution is 7.39. The molecule has 0 spiro atoms. The van der Waals surface area contributed by atoms with E-state index in [9.17, 15) is 9.59 Å². The van der Waals surface area contributed by atoms with E-state index in [1.165, 1.54) is 18.4 Å². The Morgan fingerprint density at radius 2 is 1.83 bits per heavy atom. The fourth-order valence-electron chi connectivity index (χ4n) is 2.85. The van der Waals surface area contributed by atoms with Crippen molar-refractivity contribution in [3.8, 4) is 0 Å². The maximum atomic E-state index is 12.7. The molecule has 0 saturated carbocycles. The van der Waals surface area contributed by atoms with Gasteiger partial charge in [-0.1, -0.05) is 12.1 Å². The topological polar surface area (TPSA) is 46.6 Å². The largest absolute Gasteiger partial charge is 0.465 e. The summed E-state index contributed by atoms with van der Waals surface area (Å²) in [7, 11) is 2.07. The van der Waals surface area contributed by atoms with Crippen LogP contribution in [-0.4, -0.2) is 32.1 Å². The van der Waals surface area contributed by atoms with Crippen molar-refractivity contribution in [2.45, 2.75) is 6.42 Å². The minimum Gasteiger partial charge on any atom is -0.465 e. The van der Waals surface area contributed by atoms with E-state index in [1.807, 2.05) is 18.2 Å². The van der Waals surface area contributed by atoms with Crippen LogP contribution < -0.4 is 4.67 Å². The molecule has 23 heavy (non-hydrogen) atoms. The molecule has 2 aromatic rings. The first-order chi connectivity index (χ1) is 11.1. The molecule has 4 nitrogen and oxygen atoms in total. The molecule has 0 aliphatic carbocycles. The summed E-state index contributed by atoms with van der Waals surface area (Å²) in [5.74, 6) is -0.510. The van der Waals surface area contributed by atoms with Gasteiger partial charge < -0.3 is 9.41 Å². The van der Waals surface area contributed by atoms with Crippen LogP contribution in [0.5, 0.6) is 0 Å². The van der Waals surface area contributed by atoms with Crippen LogP contribution in [0.1, 0.15) is 31.8 Å². The van der Waals surface area contributed by atoms with Crippen LogP contribution in [-0.2, 0) is 11.2 Å². The minimum absolute atomic E-state index is 0.0732. The molecule has 0 N–H and O–H groups in total. The van der Waals surface area contributed by atoms with Crippen LogP contribution in [0.3, 0.4) is 0 Å². The molecule has 3 rings (SSSR count). The zero-order valence-corrected chi connectivity index (χ0v) is 14.1. The number of methoxy groups -OCH3 is 1. The number of carbonyl (C=O) groups is 2. The first-order valence-corrected chi connectivity index (χ1v) is 8.89. The Labute approximate surface area is 137 Å². The Morgan fingerprint density at radius 3 is 2.57 bits per heavy atom. The van der Waals surface area contributed by atoms with E-state index >= 15 is 0 Å². The summed E-state index contributed by atoms with van der Waals surface area (Å²) < 4.78 is 7.04. The summed E-state index contributed by atoms with van der Waals surface area (Å²) in [6, 6.07) is 12.5. The zero-order valence-electron chi connectivity index (χ0n) is 13.1. The summed E-state index contributed by atoms with van der Waals surface area (Å²) in [4.78, 5) is 24.3. The molecule has 0 amide bonds. The van der Waals surface area contributed by atoms with Crippen molar-refractivity contribution in [1.29, 1.82) is 0 Å².